The second kappa shape index (κ2) is 6.71. The highest BCUT2D eigenvalue weighted by atomic mass is 16.5. The Balaban J connectivity index is 2.04. The lowest BCUT2D eigenvalue weighted by molar-refractivity contribution is 0.417. The lowest BCUT2D eigenvalue weighted by Crippen LogP contribution is -2.21. The van der Waals surface area contributed by atoms with Gasteiger partial charge in [-0.3, -0.25) is 0 Å². The standard InChI is InChI=1S/C17H24N2O/c1-12(2)9-14-5-7-15(8-6-14)17-10-16(19-20-17)11-18-13(3)4/h5-8,10,12-13,18H,9,11H2,1-4H3. The van der Waals surface area contributed by atoms with E-state index in [1.165, 1.54) is 5.56 Å². The summed E-state index contributed by atoms with van der Waals surface area (Å²) in [6, 6.07) is 11.0. The molecule has 0 aliphatic carbocycles. The van der Waals surface area contributed by atoms with Crippen LogP contribution in [-0.2, 0) is 13.0 Å². The van der Waals surface area contributed by atoms with Gasteiger partial charge in [-0.25, -0.2) is 0 Å². The minimum absolute atomic E-state index is 0.450. The third-order valence-electron chi connectivity index (χ3n) is 3.13. The van der Waals surface area contributed by atoms with Gasteiger partial charge in [0.05, 0.1) is 5.69 Å². The van der Waals surface area contributed by atoms with Gasteiger partial charge in [-0.05, 0) is 17.9 Å². The van der Waals surface area contributed by atoms with E-state index in [0.29, 0.717) is 12.0 Å². The summed E-state index contributed by atoms with van der Waals surface area (Å²) in [6.07, 6.45) is 1.11. The quantitative estimate of drug-likeness (QED) is 0.862. The van der Waals surface area contributed by atoms with Gasteiger partial charge in [-0.2, -0.15) is 0 Å². The maximum atomic E-state index is 5.41. The van der Waals surface area contributed by atoms with E-state index in [1.807, 2.05) is 6.07 Å². The van der Waals surface area contributed by atoms with Crippen molar-refractivity contribution in [3.8, 4) is 11.3 Å². The maximum Gasteiger partial charge on any atom is 0.167 e. The minimum atomic E-state index is 0.450. The molecular weight excluding hydrogens is 248 g/mol. The van der Waals surface area contributed by atoms with Crippen molar-refractivity contribution in [2.24, 2.45) is 5.92 Å². The van der Waals surface area contributed by atoms with Crippen LogP contribution in [0.15, 0.2) is 34.9 Å². The summed E-state index contributed by atoms with van der Waals surface area (Å²) in [5.74, 6) is 1.52. The van der Waals surface area contributed by atoms with Crippen LogP contribution in [0, 0.1) is 5.92 Å². The Bertz CT molecular complexity index is 526. The molecule has 1 aromatic heterocycles. The van der Waals surface area contributed by atoms with Crippen LogP contribution < -0.4 is 5.32 Å². The Labute approximate surface area is 121 Å². The Morgan fingerprint density at radius 2 is 1.80 bits per heavy atom. The predicted molar refractivity (Wildman–Crippen MR) is 82.5 cm³/mol. The van der Waals surface area contributed by atoms with Crippen molar-refractivity contribution in [2.45, 2.75) is 46.7 Å². The molecule has 1 heterocycles. The van der Waals surface area contributed by atoms with Gasteiger partial charge in [0.25, 0.3) is 0 Å². The molecule has 2 aromatic rings. The van der Waals surface area contributed by atoms with E-state index in [2.05, 4.69) is 62.4 Å². The second-order valence-electron chi connectivity index (χ2n) is 6.01. The van der Waals surface area contributed by atoms with E-state index in [4.69, 9.17) is 4.52 Å². The zero-order chi connectivity index (χ0) is 14.5. The molecule has 0 saturated carbocycles. The average molecular weight is 272 g/mol. The van der Waals surface area contributed by atoms with Crippen LogP contribution in [-0.4, -0.2) is 11.2 Å². The third-order valence-corrected chi connectivity index (χ3v) is 3.13. The van der Waals surface area contributed by atoms with E-state index in [9.17, 15) is 0 Å². The van der Waals surface area contributed by atoms with Crippen molar-refractivity contribution in [1.29, 1.82) is 0 Å². The molecule has 0 aliphatic heterocycles. The molecule has 0 amide bonds. The summed E-state index contributed by atoms with van der Waals surface area (Å²) in [5.41, 5.74) is 3.39. The largest absolute Gasteiger partial charge is 0.356 e. The molecule has 3 heteroatoms. The molecule has 0 fully saturated rings. The number of aromatic nitrogens is 1. The summed E-state index contributed by atoms with van der Waals surface area (Å²) in [4.78, 5) is 0. The first-order chi connectivity index (χ1) is 9.54. The molecule has 20 heavy (non-hydrogen) atoms. The van der Waals surface area contributed by atoms with Gasteiger partial charge in [-0.15, -0.1) is 0 Å². The maximum absolute atomic E-state index is 5.41. The molecule has 0 aliphatic rings. The average Bonchev–Trinajstić information content (AvgIpc) is 2.85. The van der Waals surface area contributed by atoms with Crippen LogP contribution >= 0.6 is 0 Å². The van der Waals surface area contributed by atoms with Crippen LogP contribution in [0.5, 0.6) is 0 Å². The minimum Gasteiger partial charge on any atom is -0.356 e. The summed E-state index contributed by atoms with van der Waals surface area (Å²) in [5, 5.41) is 7.43. The smallest absolute Gasteiger partial charge is 0.167 e. The topological polar surface area (TPSA) is 38.1 Å². The molecule has 0 saturated heterocycles. The highest BCUT2D eigenvalue weighted by Crippen LogP contribution is 2.21. The monoisotopic (exact) mass is 272 g/mol. The van der Waals surface area contributed by atoms with Crippen LogP contribution in [0.4, 0.5) is 0 Å². The van der Waals surface area contributed by atoms with Crippen molar-refractivity contribution in [3.63, 3.8) is 0 Å². The van der Waals surface area contributed by atoms with Crippen molar-refractivity contribution < 1.29 is 4.52 Å². The number of hydrogen-bond acceptors (Lipinski definition) is 3. The molecular formula is C17H24N2O. The fraction of sp³-hybridized carbons (Fsp3) is 0.471. The first kappa shape index (κ1) is 14.8. The zero-order valence-corrected chi connectivity index (χ0v) is 12.8. The van der Waals surface area contributed by atoms with Crippen LogP contribution in [0.3, 0.4) is 0 Å². The lowest BCUT2D eigenvalue weighted by Gasteiger charge is -2.05. The lowest BCUT2D eigenvalue weighted by atomic mass is 10.0. The first-order valence-corrected chi connectivity index (χ1v) is 7.33. The second-order valence-corrected chi connectivity index (χ2v) is 6.01. The van der Waals surface area contributed by atoms with Crippen molar-refractivity contribution >= 4 is 0 Å². The van der Waals surface area contributed by atoms with E-state index in [0.717, 1.165) is 30.0 Å². The van der Waals surface area contributed by atoms with Gasteiger partial charge >= 0.3 is 0 Å². The summed E-state index contributed by atoms with van der Waals surface area (Å²) >= 11 is 0. The van der Waals surface area contributed by atoms with E-state index in [1.54, 1.807) is 0 Å². The Kier molecular flexibility index (Phi) is 4.96. The van der Waals surface area contributed by atoms with Crippen LogP contribution in [0.1, 0.15) is 39.0 Å². The van der Waals surface area contributed by atoms with Crippen molar-refractivity contribution in [3.05, 3.63) is 41.6 Å². The van der Waals surface area contributed by atoms with Gasteiger partial charge in [0.15, 0.2) is 5.76 Å². The van der Waals surface area contributed by atoms with Crippen LogP contribution in [0.25, 0.3) is 11.3 Å². The fourth-order valence-electron chi connectivity index (χ4n) is 2.12. The fourth-order valence-corrected chi connectivity index (χ4v) is 2.12. The van der Waals surface area contributed by atoms with Gasteiger partial charge in [-0.1, -0.05) is 57.1 Å². The summed E-state index contributed by atoms with van der Waals surface area (Å²) in [6.45, 7) is 9.45. The molecule has 1 aromatic carbocycles. The number of rotatable bonds is 6. The predicted octanol–water partition coefficient (Wildman–Crippen LogP) is 4.04. The van der Waals surface area contributed by atoms with E-state index >= 15 is 0 Å². The molecule has 2 rings (SSSR count). The van der Waals surface area contributed by atoms with E-state index < -0.39 is 0 Å². The molecule has 0 radical (unpaired) electrons. The molecule has 0 atom stereocenters. The summed E-state index contributed by atoms with van der Waals surface area (Å²) in [7, 11) is 0. The number of nitrogens with one attached hydrogen (secondary N) is 1. The van der Waals surface area contributed by atoms with E-state index in [-0.39, 0.29) is 0 Å². The van der Waals surface area contributed by atoms with Gasteiger partial charge in [0, 0.05) is 24.2 Å². The molecule has 1 N–H and O–H groups in total. The Morgan fingerprint density at radius 3 is 2.40 bits per heavy atom. The highest BCUT2D eigenvalue weighted by molar-refractivity contribution is 5.57. The number of nitrogens with zero attached hydrogens (tertiary/aromatic N) is 1. The molecule has 0 bridgehead atoms. The number of hydrogen-bond donors (Lipinski definition) is 1. The van der Waals surface area contributed by atoms with Gasteiger partial charge in [0.1, 0.15) is 0 Å². The third kappa shape index (κ3) is 4.20. The highest BCUT2D eigenvalue weighted by Gasteiger charge is 2.07. The number of benzene rings is 1. The van der Waals surface area contributed by atoms with Crippen molar-refractivity contribution in [2.75, 3.05) is 0 Å². The SMILES string of the molecule is CC(C)Cc1ccc(-c2cc(CNC(C)C)no2)cc1. The van der Waals surface area contributed by atoms with Gasteiger partial charge in [0.2, 0.25) is 0 Å². The van der Waals surface area contributed by atoms with Crippen LogP contribution in [0.2, 0.25) is 0 Å². The van der Waals surface area contributed by atoms with Crippen molar-refractivity contribution in [1.82, 2.24) is 10.5 Å². The Hall–Kier alpha value is -1.61. The Morgan fingerprint density at radius 1 is 1.10 bits per heavy atom. The molecule has 0 spiro atoms. The first-order valence-electron chi connectivity index (χ1n) is 7.33. The zero-order valence-electron chi connectivity index (χ0n) is 12.8. The molecule has 108 valence electrons. The summed E-state index contributed by atoms with van der Waals surface area (Å²) < 4.78 is 5.41. The van der Waals surface area contributed by atoms with Gasteiger partial charge < -0.3 is 9.84 Å². The normalized spacial score (nSPS) is 11.5. The molecule has 3 nitrogen and oxygen atoms in total. The molecule has 0 unspecified atom stereocenters.